The zero-order chi connectivity index (χ0) is 15.0. The maximum Gasteiger partial charge on any atom is 0.224 e. The topological polar surface area (TPSA) is 55.1 Å². The van der Waals surface area contributed by atoms with E-state index in [2.05, 4.69) is 17.4 Å². The maximum atomic E-state index is 11.4. The van der Waals surface area contributed by atoms with E-state index in [9.17, 15) is 4.79 Å². The molecule has 1 aliphatic rings. The predicted octanol–water partition coefficient (Wildman–Crippen LogP) is 3.58. The Balaban J connectivity index is 1.94. The number of carbonyl (C=O) groups is 1. The molecule has 2 aromatic carbocycles. The van der Waals surface area contributed by atoms with Crippen molar-refractivity contribution in [3.63, 3.8) is 0 Å². The van der Waals surface area contributed by atoms with Crippen LogP contribution in [-0.4, -0.2) is 5.91 Å². The fourth-order valence-corrected chi connectivity index (χ4v) is 3.03. The molecule has 0 aromatic heterocycles. The fourth-order valence-electron chi connectivity index (χ4n) is 2.73. The second-order valence-electron chi connectivity index (χ2n) is 5.50. The summed E-state index contributed by atoms with van der Waals surface area (Å²) in [5, 5.41) is 3.58. The molecule has 0 saturated carbocycles. The first kappa shape index (κ1) is 14.1. The van der Waals surface area contributed by atoms with Gasteiger partial charge in [0.1, 0.15) is 0 Å². The van der Waals surface area contributed by atoms with Crippen LogP contribution < -0.4 is 11.1 Å². The molecule has 3 N–H and O–H groups in total. The highest BCUT2D eigenvalue weighted by atomic mass is 35.5. The van der Waals surface area contributed by atoms with Crippen LogP contribution in [0.15, 0.2) is 36.4 Å². The van der Waals surface area contributed by atoms with E-state index in [4.69, 9.17) is 17.3 Å². The Bertz CT molecular complexity index is 692. The van der Waals surface area contributed by atoms with Crippen LogP contribution in [0.4, 0.5) is 5.69 Å². The van der Waals surface area contributed by atoms with Crippen LogP contribution in [0.1, 0.15) is 34.7 Å². The number of amides is 1. The first-order valence-electron chi connectivity index (χ1n) is 6.98. The molecule has 0 saturated heterocycles. The first-order chi connectivity index (χ1) is 10.0. The summed E-state index contributed by atoms with van der Waals surface area (Å²) in [6.45, 7) is 2.00. The van der Waals surface area contributed by atoms with Gasteiger partial charge in [0.15, 0.2) is 0 Å². The molecule has 0 spiro atoms. The van der Waals surface area contributed by atoms with Crippen molar-refractivity contribution < 1.29 is 4.79 Å². The Labute approximate surface area is 129 Å². The summed E-state index contributed by atoms with van der Waals surface area (Å²) in [6, 6.07) is 11.6. The molecule has 4 heteroatoms. The van der Waals surface area contributed by atoms with Crippen molar-refractivity contribution in [3.8, 4) is 0 Å². The van der Waals surface area contributed by atoms with E-state index in [0.29, 0.717) is 11.4 Å². The molecule has 0 aliphatic carbocycles. The summed E-state index contributed by atoms with van der Waals surface area (Å²) >= 11 is 6.11. The summed E-state index contributed by atoms with van der Waals surface area (Å²) < 4.78 is 0. The lowest BCUT2D eigenvalue weighted by atomic mass is 9.93. The van der Waals surface area contributed by atoms with Gasteiger partial charge in [-0.3, -0.25) is 4.79 Å². The van der Waals surface area contributed by atoms with E-state index in [1.165, 1.54) is 0 Å². The van der Waals surface area contributed by atoms with Crippen LogP contribution in [0.5, 0.6) is 0 Å². The second-order valence-corrected chi connectivity index (χ2v) is 5.94. The molecule has 1 unspecified atom stereocenters. The number of hydrogen-bond donors (Lipinski definition) is 2. The van der Waals surface area contributed by atoms with Gasteiger partial charge in [0, 0.05) is 17.1 Å². The summed E-state index contributed by atoms with van der Waals surface area (Å²) in [5.41, 5.74) is 11.5. The molecule has 0 fully saturated rings. The van der Waals surface area contributed by atoms with Gasteiger partial charge in [-0.25, -0.2) is 0 Å². The molecular weight excluding hydrogens is 284 g/mol. The molecule has 1 atom stereocenters. The van der Waals surface area contributed by atoms with Gasteiger partial charge in [-0.2, -0.15) is 0 Å². The standard InChI is InChI=1S/C17H17ClN2O/c1-10-6-13(9-14(18)7-10)17(19)12-2-4-15-11(8-12)3-5-16(21)20-15/h2,4,6-9,17H,3,5,19H2,1H3,(H,20,21). The minimum atomic E-state index is -0.217. The van der Waals surface area contributed by atoms with Crippen molar-refractivity contribution in [2.75, 3.05) is 5.32 Å². The SMILES string of the molecule is Cc1cc(Cl)cc(C(N)c2ccc3c(c2)CCC(=O)N3)c1. The van der Waals surface area contributed by atoms with E-state index in [1.807, 2.05) is 31.2 Å². The van der Waals surface area contributed by atoms with E-state index in [-0.39, 0.29) is 11.9 Å². The largest absolute Gasteiger partial charge is 0.326 e. The molecule has 3 nitrogen and oxygen atoms in total. The van der Waals surface area contributed by atoms with Crippen LogP contribution in [0.2, 0.25) is 5.02 Å². The molecule has 108 valence electrons. The number of halogens is 1. The van der Waals surface area contributed by atoms with Crippen molar-refractivity contribution in [2.24, 2.45) is 5.73 Å². The fraction of sp³-hybridized carbons (Fsp3) is 0.235. The average Bonchev–Trinajstić information content (AvgIpc) is 2.45. The number of nitrogens with two attached hydrogens (primary N) is 1. The Kier molecular flexibility index (Phi) is 3.70. The van der Waals surface area contributed by atoms with E-state index in [0.717, 1.165) is 34.4 Å². The number of benzene rings is 2. The number of aryl methyl sites for hydroxylation is 2. The number of anilines is 1. The zero-order valence-corrected chi connectivity index (χ0v) is 12.6. The van der Waals surface area contributed by atoms with Crippen molar-refractivity contribution >= 4 is 23.2 Å². The smallest absolute Gasteiger partial charge is 0.224 e. The molecule has 0 bridgehead atoms. The number of rotatable bonds is 2. The monoisotopic (exact) mass is 300 g/mol. The lowest BCUT2D eigenvalue weighted by molar-refractivity contribution is -0.116. The van der Waals surface area contributed by atoms with Crippen molar-refractivity contribution in [2.45, 2.75) is 25.8 Å². The van der Waals surface area contributed by atoms with Crippen LogP contribution in [-0.2, 0) is 11.2 Å². The van der Waals surface area contributed by atoms with Gasteiger partial charge in [-0.1, -0.05) is 29.8 Å². The minimum absolute atomic E-state index is 0.0741. The van der Waals surface area contributed by atoms with Gasteiger partial charge in [0.25, 0.3) is 0 Å². The molecule has 2 aromatic rings. The summed E-state index contributed by atoms with van der Waals surface area (Å²) in [4.78, 5) is 11.4. The van der Waals surface area contributed by atoms with Crippen LogP contribution >= 0.6 is 11.6 Å². The molecule has 1 heterocycles. The number of hydrogen-bond acceptors (Lipinski definition) is 2. The Hall–Kier alpha value is -1.84. The Morgan fingerprint density at radius 1 is 1.14 bits per heavy atom. The van der Waals surface area contributed by atoms with Gasteiger partial charge in [0.05, 0.1) is 6.04 Å². The molecule has 1 amide bonds. The Morgan fingerprint density at radius 3 is 2.71 bits per heavy atom. The van der Waals surface area contributed by atoms with E-state index < -0.39 is 0 Å². The van der Waals surface area contributed by atoms with Gasteiger partial charge in [0.2, 0.25) is 5.91 Å². The van der Waals surface area contributed by atoms with Gasteiger partial charge in [-0.05, 0) is 53.8 Å². The maximum absolute atomic E-state index is 11.4. The predicted molar refractivity (Wildman–Crippen MR) is 85.6 cm³/mol. The quantitative estimate of drug-likeness (QED) is 0.890. The third kappa shape index (κ3) is 2.94. The number of nitrogens with one attached hydrogen (secondary N) is 1. The lowest BCUT2D eigenvalue weighted by Gasteiger charge is -2.20. The highest BCUT2D eigenvalue weighted by molar-refractivity contribution is 6.30. The molecule has 1 aliphatic heterocycles. The Morgan fingerprint density at radius 2 is 1.95 bits per heavy atom. The third-order valence-electron chi connectivity index (χ3n) is 3.81. The lowest BCUT2D eigenvalue weighted by Crippen LogP contribution is -2.20. The van der Waals surface area contributed by atoms with Gasteiger partial charge >= 0.3 is 0 Å². The number of fused-ring (bicyclic) bond motifs is 1. The molecular formula is C17H17ClN2O. The second kappa shape index (κ2) is 5.51. The normalized spacial score (nSPS) is 15.3. The average molecular weight is 301 g/mol. The molecule has 3 rings (SSSR count). The van der Waals surface area contributed by atoms with Crippen LogP contribution in [0, 0.1) is 6.92 Å². The van der Waals surface area contributed by atoms with Crippen LogP contribution in [0.3, 0.4) is 0 Å². The van der Waals surface area contributed by atoms with Crippen molar-refractivity contribution in [3.05, 3.63) is 63.7 Å². The van der Waals surface area contributed by atoms with E-state index >= 15 is 0 Å². The van der Waals surface area contributed by atoms with E-state index in [1.54, 1.807) is 0 Å². The summed E-state index contributed by atoms with van der Waals surface area (Å²) in [5.74, 6) is 0.0741. The zero-order valence-electron chi connectivity index (χ0n) is 11.8. The highest BCUT2D eigenvalue weighted by Gasteiger charge is 2.17. The third-order valence-corrected chi connectivity index (χ3v) is 4.03. The first-order valence-corrected chi connectivity index (χ1v) is 7.36. The summed E-state index contributed by atoms with van der Waals surface area (Å²) in [7, 11) is 0. The number of carbonyl (C=O) groups excluding carboxylic acids is 1. The molecule has 21 heavy (non-hydrogen) atoms. The highest BCUT2D eigenvalue weighted by Crippen LogP contribution is 2.29. The minimum Gasteiger partial charge on any atom is -0.326 e. The van der Waals surface area contributed by atoms with Crippen molar-refractivity contribution in [1.82, 2.24) is 0 Å². The van der Waals surface area contributed by atoms with Gasteiger partial charge < -0.3 is 11.1 Å². The van der Waals surface area contributed by atoms with Crippen LogP contribution in [0.25, 0.3) is 0 Å². The van der Waals surface area contributed by atoms with Gasteiger partial charge in [-0.15, -0.1) is 0 Å². The van der Waals surface area contributed by atoms with Crippen molar-refractivity contribution in [1.29, 1.82) is 0 Å². The summed E-state index contributed by atoms with van der Waals surface area (Å²) in [6.07, 6.45) is 1.29. The molecule has 0 radical (unpaired) electrons.